The molecule has 8 heteroatoms. The van der Waals surface area contributed by atoms with Gasteiger partial charge in [0.05, 0.1) is 26.2 Å². The zero-order valence-electron chi connectivity index (χ0n) is 19.3. The predicted molar refractivity (Wildman–Crippen MR) is 123 cm³/mol. The summed E-state index contributed by atoms with van der Waals surface area (Å²) < 4.78 is 12.9. The van der Waals surface area contributed by atoms with Crippen LogP contribution in [-0.2, 0) is 11.8 Å². The summed E-state index contributed by atoms with van der Waals surface area (Å²) in [7, 11) is 3.30. The smallest absolute Gasteiger partial charge is 0.238 e. The Morgan fingerprint density at radius 3 is 2.50 bits per heavy atom. The van der Waals surface area contributed by atoms with Crippen LogP contribution in [-0.4, -0.2) is 43.9 Å². The lowest BCUT2D eigenvalue weighted by molar-refractivity contribution is 0.396. The molecule has 0 saturated carbocycles. The van der Waals surface area contributed by atoms with Gasteiger partial charge in [-0.25, -0.2) is 15.0 Å². The van der Waals surface area contributed by atoms with Gasteiger partial charge in [0.1, 0.15) is 23.0 Å². The van der Waals surface area contributed by atoms with Gasteiger partial charge in [-0.15, -0.1) is 0 Å². The van der Waals surface area contributed by atoms with E-state index in [4.69, 9.17) is 9.47 Å². The van der Waals surface area contributed by atoms with Gasteiger partial charge in [-0.3, -0.25) is 5.10 Å². The van der Waals surface area contributed by atoms with Crippen molar-refractivity contribution in [3.05, 3.63) is 65.5 Å². The monoisotopic (exact) mass is 432 g/mol. The number of benzene rings is 1. The molecular weight excluding hydrogens is 404 g/mol. The highest BCUT2D eigenvalue weighted by molar-refractivity contribution is 5.55. The number of hydrogen-bond donors (Lipinski definition) is 1. The topological polar surface area (TPSA) is 90.7 Å². The zero-order chi connectivity index (χ0) is 22.9. The molecule has 0 radical (unpaired) electrons. The van der Waals surface area contributed by atoms with Gasteiger partial charge in [0.2, 0.25) is 5.88 Å². The largest absolute Gasteiger partial charge is 0.496 e. The first-order valence-electron chi connectivity index (χ1n) is 10.4. The maximum Gasteiger partial charge on any atom is 0.238 e. The Balaban J connectivity index is 1.59. The number of aryl methyl sites for hydroxylation is 1. The highest BCUT2D eigenvalue weighted by Gasteiger charge is 2.20. The van der Waals surface area contributed by atoms with Crippen LogP contribution in [0.5, 0.6) is 11.6 Å². The van der Waals surface area contributed by atoms with Gasteiger partial charge in [-0.05, 0) is 41.7 Å². The van der Waals surface area contributed by atoms with Crippen LogP contribution in [0.1, 0.15) is 43.4 Å². The molecule has 32 heavy (non-hydrogen) atoms. The number of methoxy groups -OCH3 is 2. The molecule has 4 aromatic rings. The lowest BCUT2D eigenvalue weighted by Gasteiger charge is -2.22. The van der Waals surface area contributed by atoms with Crippen molar-refractivity contribution in [2.75, 3.05) is 14.2 Å². The zero-order valence-corrected chi connectivity index (χ0v) is 19.3. The van der Waals surface area contributed by atoms with Crippen molar-refractivity contribution in [3.8, 4) is 28.8 Å². The van der Waals surface area contributed by atoms with Crippen LogP contribution in [0.15, 0.2) is 42.9 Å². The van der Waals surface area contributed by atoms with Crippen molar-refractivity contribution in [3.63, 3.8) is 0 Å². The van der Waals surface area contributed by atoms with E-state index in [1.807, 2.05) is 35.9 Å². The van der Waals surface area contributed by atoms with Crippen LogP contribution in [0.3, 0.4) is 0 Å². The molecule has 0 unspecified atom stereocenters. The Hall–Kier alpha value is -3.68. The van der Waals surface area contributed by atoms with Crippen LogP contribution in [0.25, 0.3) is 17.2 Å². The summed E-state index contributed by atoms with van der Waals surface area (Å²) >= 11 is 0. The van der Waals surface area contributed by atoms with Gasteiger partial charge in [0.25, 0.3) is 0 Å². The average Bonchev–Trinajstić information content (AvgIpc) is 3.41. The fraction of sp³-hybridized carbons (Fsp3) is 0.333. The van der Waals surface area contributed by atoms with Crippen molar-refractivity contribution in [2.45, 2.75) is 39.5 Å². The molecular formula is C24H28N6O2. The summed E-state index contributed by atoms with van der Waals surface area (Å²) in [4.78, 5) is 13.5. The molecule has 0 spiro atoms. The SMILES string of the molecule is COc1ccc(Cc2nc(-c3ccc(-n4cnc(C)c4)c(OC)n3)n[nH]2)cc1C(C)(C)C. The normalized spacial score (nSPS) is 11.6. The highest BCUT2D eigenvalue weighted by Crippen LogP contribution is 2.32. The number of imidazole rings is 1. The molecule has 1 N–H and O–H groups in total. The predicted octanol–water partition coefficient (Wildman–Crippen LogP) is 4.27. The molecule has 0 aliphatic heterocycles. The Morgan fingerprint density at radius 2 is 1.84 bits per heavy atom. The molecule has 0 bridgehead atoms. The molecule has 0 fully saturated rings. The van der Waals surface area contributed by atoms with E-state index in [1.165, 1.54) is 0 Å². The average molecular weight is 433 g/mol. The summed E-state index contributed by atoms with van der Waals surface area (Å²) in [6.45, 7) is 8.46. The van der Waals surface area contributed by atoms with Gasteiger partial charge < -0.3 is 14.0 Å². The second-order valence-corrected chi connectivity index (χ2v) is 8.71. The number of hydrogen-bond acceptors (Lipinski definition) is 6. The van der Waals surface area contributed by atoms with E-state index in [1.54, 1.807) is 20.5 Å². The Kier molecular flexibility index (Phi) is 5.69. The first-order valence-corrected chi connectivity index (χ1v) is 10.4. The summed E-state index contributed by atoms with van der Waals surface area (Å²) in [5.74, 6) is 2.66. The maximum atomic E-state index is 5.54. The van der Waals surface area contributed by atoms with E-state index in [0.717, 1.165) is 34.1 Å². The standard InChI is InChI=1S/C24H28N6O2/c1-15-13-30(14-25-15)19-9-8-18(26-23(19)32-6)22-27-21(28-29-22)12-16-7-10-20(31-5)17(11-16)24(2,3)4/h7-11,13-14H,12H2,1-6H3,(H,27,28,29). The lowest BCUT2D eigenvalue weighted by Crippen LogP contribution is -2.13. The van der Waals surface area contributed by atoms with Crippen LogP contribution < -0.4 is 9.47 Å². The summed E-state index contributed by atoms with van der Waals surface area (Å²) in [6, 6.07) is 10.0. The summed E-state index contributed by atoms with van der Waals surface area (Å²) in [5.41, 5.74) is 4.63. The molecule has 0 amide bonds. The molecule has 0 aliphatic carbocycles. The van der Waals surface area contributed by atoms with Gasteiger partial charge in [0, 0.05) is 12.6 Å². The second-order valence-electron chi connectivity index (χ2n) is 8.71. The van der Waals surface area contributed by atoms with Crippen LogP contribution in [0.2, 0.25) is 0 Å². The van der Waals surface area contributed by atoms with Crippen LogP contribution in [0, 0.1) is 6.92 Å². The van der Waals surface area contributed by atoms with E-state index in [-0.39, 0.29) is 5.41 Å². The molecule has 0 saturated heterocycles. The first-order chi connectivity index (χ1) is 15.3. The Labute approximate surface area is 187 Å². The number of H-pyrrole nitrogens is 1. The van der Waals surface area contributed by atoms with Crippen molar-refractivity contribution in [2.24, 2.45) is 0 Å². The quantitative estimate of drug-likeness (QED) is 0.489. The van der Waals surface area contributed by atoms with E-state index in [2.05, 4.69) is 58.1 Å². The second kappa shape index (κ2) is 8.45. The molecule has 3 heterocycles. The number of pyridine rings is 1. The fourth-order valence-corrected chi connectivity index (χ4v) is 3.59. The van der Waals surface area contributed by atoms with Crippen LogP contribution in [0.4, 0.5) is 0 Å². The van der Waals surface area contributed by atoms with Crippen molar-refractivity contribution in [1.29, 1.82) is 0 Å². The number of aromatic nitrogens is 6. The van der Waals surface area contributed by atoms with Gasteiger partial charge in [-0.1, -0.05) is 32.9 Å². The van der Waals surface area contributed by atoms with Gasteiger partial charge >= 0.3 is 0 Å². The maximum absolute atomic E-state index is 5.54. The number of rotatable bonds is 6. The van der Waals surface area contributed by atoms with E-state index in [0.29, 0.717) is 23.8 Å². The molecule has 4 rings (SSSR count). The summed E-state index contributed by atoms with van der Waals surface area (Å²) in [6.07, 6.45) is 4.29. The van der Waals surface area contributed by atoms with Crippen molar-refractivity contribution >= 4 is 0 Å². The molecule has 0 aliphatic rings. The van der Waals surface area contributed by atoms with E-state index < -0.39 is 0 Å². The van der Waals surface area contributed by atoms with Gasteiger partial charge in [0.15, 0.2) is 5.82 Å². The van der Waals surface area contributed by atoms with E-state index in [9.17, 15) is 0 Å². The third-order valence-corrected chi connectivity index (χ3v) is 5.23. The number of aromatic amines is 1. The van der Waals surface area contributed by atoms with Crippen LogP contribution >= 0.6 is 0 Å². The minimum atomic E-state index is -0.0239. The number of nitrogens with one attached hydrogen (secondary N) is 1. The van der Waals surface area contributed by atoms with Gasteiger partial charge in [-0.2, -0.15) is 5.10 Å². The Bertz CT molecular complexity index is 1240. The molecule has 166 valence electrons. The highest BCUT2D eigenvalue weighted by atomic mass is 16.5. The third kappa shape index (κ3) is 4.34. The Morgan fingerprint density at radius 1 is 1.03 bits per heavy atom. The van der Waals surface area contributed by atoms with Crippen molar-refractivity contribution in [1.82, 2.24) is 29.7 Å². The summed E-state index contributed by atoms with van der Waals surface area (Å²) in [5, 5.41) is 7.41. The fourth-order valence-electron chi connectivity index (χ4n) is 3.59. The van der Waals surface area contributed by atoms with Crippen molar-refractivity contribution < 1.29 is 9.47 Å². The minimum Gasteiger partial charge on any atom is -0.496 e. The van der Waals surface area contributed by atoms with E-state index >= 15 is 0 Å². The lowest BCUT2D eigenvalue weighted by atomic mass is 9.85. The minimum absolute atomic E-state index is 0.0239. The molecule has 0 atom stereocenters. The molecule has 1 aromatic carbocycles. The number of nitrogens with zero attached hydrogens (tertiary/aromatic N) is 5. The first kappa shape index (κ1) is 21.5. The third-order valence-electron chi connectivity index (χ3n) is 5.23. The molecule has 3 aromatic heterocycles. The number of ether oxygens (including phenoxy) is 2. The molecule has 8 nitrogen and oxygen atoms in total.